The Morgan fingerprint density at radius 3 is 2.39 bits per heavy atom. The van der Waals surface area contributed by atoms with Crippen LogP contribution >= 0.6 is 0 Å². The summed E-state index contributed by atoms with van der Waals surface area (Å²) in [6.45, 7) is 16.5. The van der Waals surface area contributed by atoms with E-state index < -0.39 is 0 Å². The number of hydrogen-bond acceptors (Lipinski definition) is 2. The van der Waals surface area contributed by atoms with Crippen LogP contribution in [0.3, 0.4) is 0 Å². The van der Waals surface area contributed by atoms with E-state index in [2.05, 4.69) is 53.7 Å². The SMILES string of the molecule is CCC1C2=CC=C3CC4(CC[C@@]3(C)C2CC[C@]1(C)[C@H](C)[C@H](C)CC)OCCO4. The molecule has 4 rings (SSSR count). The van der Waals surface area contributed by atoms with Crippen molar-refractivity contribution in [2.45, 2.75) is 92.3 Å². The summed E-state index contributed by atoms with van der Waals surface area (Å²) in [5, 5.41) is 0. The molecule has 3 aliphatic carbocycles. The van der Waals surface area contributed by atoms with Gasteiger partial charge in [-0.25, -0.2) is 0 Å². The highest BCUT2D eigenvalue weighted by molar-refractivity contribution is 5.38. The van der Waals surface area contributed by atoms with Gasteiger partial charge in [0.05, 0.1) is 13.2 Å². The lowest BCUT2D eigenvalue weighted by Gasteiger charge is -2.58. The predicted octanol–water partition coefficient (Wildman–Crippen LogP) is 6.91. The third-order valence-corrected chi connectivity index (χ3v) is 9.80. The van der Waals surface area contributed by atoms with E-state index in [4.69, 9.17) is 9.47 Å². The third kappa shape index (κ3) is 2.97. The summed E-state index contributed by atoms with van der Waals surface area (Å²) in [5.41, 5.74) is 4.09. The number of hydrogen-bond donors (Lipinski definition) is 0. The second kappa shape index (κ2) is 7.27. The van der Waals surface area contributed by atoms with Gasteiger partial charge in [0.1, 0.15) is 0 Å². The van der Waals surface area contributed by atoms with Crippen molar-refractivity contribution in [3.8, 4) is 0 Å². The maximum absolute atomic E-state index is 6.07. The first kappa shape index (κ1) is 20.7. The van der Waals surface area contributed by atoms with Gasteiger partial charge in [-0.1, -0.05) is 71.3 Å². The van der Waals surface area contributed by atoms with Crippen LogP contribution in [0.5, 0.6) is 0 Å². The Hall–Kier alpha value is -0.600. The summed E-state index contributed by atoms with van der Waals surface area (Å²) in [6, 6.07) is 0. The normalized spacial score (nSPS) is 41.6. The van der Waals surface area contributed by atoms with Gasteiger partial charge < -0.3 is 9.47 Å². The summed E-state index contributed by atoms with van der Waals surface area (Å²) in [6.07, 6.45) is 13.5. The van der Waals surface area contributed by atoms with Crippen molar-refractivity contribution in [2.75, 3.05) is 13.2 Å². The van der Waals surface area contributed by atoms with Gasteiger partial charge in [-0.3, -0.25) is 0 Å². The summed E-state index contributed by atoms with van der Waals surface area (Å²) in [7, 11) is 0. The molecule has 0 aromatic heterocycles. The molecule has 0 bridgehead atoms. The minimum absolute atomic E-state index is 0.305. The fourth-order valence-electron chi connectivity index (χ4n) is 7.37. The van der Waals surface area contributed by atoms with E-state index in [-0.39, 0.29) is 5.79 Å². The smallest absolute Gasteiger partial charge is 0.172 e. The molecule has 1 spiro atoms. The highest BCUT2D eigenvalue weighted by Crippen LogP contribution is 2.63. The molecule has 2 nitrogen and oxygen atoms in total. The average molecular weight is 387 g/mol. The van der Waals surface area contributed by atoms with Crippen molar-refractivity contribution in [2.24, 2.45) is 34.5 Å². The molecule has 0 aromatic rings. The van der Waals surface area contributed by atoms with Crippen LogP contribution in [-0.2, 0) is 9.47 Å². The molecule has 28 heavy (non-hydrogen) atoms. The van der Waals surface area contributed by atoms with Crippen molar-refractivity contribution < 1.29 is 9.47 Å². The van der Waals surface area contributed by atoms with E-state index in [1.165, 1.54) is 32.1 Å². The molecule has 0 radical (unpaired) electrons. The second-order valence-electron chi connectivity index (χ2n) is 10.8. The van der Waals surface area contributed by atoms with Crippen LogP contribution in [0.1, 0.15) is 86.5 Å². The molecule has 6 atom stereocenters. The minimum Gasteiger partial charge on any atom is -0.347 e. The van der Waals surface area contributed by atoms with Crippen LogP contribution in [0.15, 0.2) is 23.3 Å². The van der Waals surface area contributed by atoms with Gasteiger partial charge in [-0.05, 0) is 60.2 Å². The molecular formula is C26H42O2. The largest absolute Gasteiger partial charge is 0.347 e. The van der Waals surface area contributed by atoms with E-state index in [0.717, 1.165) is 43.8 Å². The second-order valence-corrected chi connectivity index (χ2v) is 10.8. The lowest BCUT2D eigenvalue weighted by Crippen LogP contribution is -2.50. The summed E-state index contributed by atoms with van der Waals surface area (Å²) in [5.74, 6) is 2.70. The highest BCUT2D eigenvalue weighted by Gasteiger charge is 2.56. The zero-order valence-corrected chi connectivity index (χ0v) is 19.1. The quantitative estimate of drug-likeness (QED) is 0.522. The fraction of sp³-hybridized carbons (Fsp3) is 0.846. The Balaban J connectivity index is 1.66. The van der Waals surface area contributed by atoms with Crippen molar-refractivity contribution in [3.05, 3.63) is 23.3 Å². The summed E-state index contributed by atoms with van der Waals surface area (Å²) < 4.78 is 12.1. The predicted molar refractivity (Wildman–Crippen MR) is 116 cm³/mol. The molecule has 3 fully saturated rings. The van der Waals surface area contributed by atoms with Crippen LogP contribution in [0, 0.1) is 34.5 Å². The van der Waals surface area contributed by atoms with Crippen molar-refractivity contribution >= 4 is 0 Å². The summed E-state index contributed by atoms with van der Waals surface area (Å²) >= 11 is 0. The Kier molecular flexibility index (Phi) is 5.37. The molecule has 2 unspecified atom stereocenters. The molecule has 1 heterocycles. The maximum Gasteiger partial charge on any atom is 0.172 e. The van der Waals surface area contributed by atoms with Gasteiger partial charge >= 0.3 is 0 Å². The molecule has 158 valence electrons. The molecule has 1 saturated heterocycles. The van der Waals surface area contributed by atoms with Crippen LogP contribution in [0.2, 0.25) is 0 Å². The Morgan fingerprint density at radius 2 is 1.75 bits per heavy atom. The first-order valence-electron chi connectivity index (χ1n) is 12.0. The number of ether oxygens (including phenoxy) is 2. The third-order valence-electron chi connectivity index (χ3n) is 9.80. The lowest BCUT2D eigenvalue weighted by molar-refractivity contribution is -0.180. The van der Waals surface area contributed by atoms with Crippen LogP contribution in [0.4, 0.5) is 0 Å². The molecule has 4 aliphatic rings. The van der Waals surface area contributed by atoms with Gasteiger partial charge in [0.15, 0.2) is 5.79 Å². The van der Waals surface area contributed by atoms with Gasteiger partial charge in [0.2, 0.25) is 0 Å². The standard InChI is InChI=1S/C26H42O2/c1-7-18(3)19(4)24(5)12-11-23-21(22(24)8-2)10-9-20-17-26(27-15-16-28-26)14-13-25(20,23)6/h9-10,18-19,22-23H,7-8,11-17H2,1-6H3/t18-,19-,22?,23?,24-,25-/m1/s1. The number of allylic oxidation sites excluding steroid dienone is 3. The topological polar surface area (TPSA) is 18.5 Å². The van der Waals surface area contributed by atoms with E-state index in [0.29, 0.717) is 16.7 Å². The summed E-state index contributed by atoms with van der Waals surface area (Å²) in [4.78, 5) is 0. The Labute approximate surface area is 173 Å². The minimum atomic E-state index is -0.310. The first-order chi connectivity index (χ1) is 13.3. The molecule has 0 amide bonds. The fourth-order valence-corrected chi connectivity index (χ4v) is 7.37. The maximum atomic E-state index is 6.07. The van der Waals surface area contributed by atoms with E-state index in [1.807, 2.05) is 0 Å². The highest BCUT2D eigenvalue weighted by atomic mass is 16.7. The van der Waals surface area contributed by atoms with Crippen molar-refractivity contribution in [1.82, 2.24) is 0 Å². The van der Waals surface area contributed by atoms with Gasteiger partial charge in [0.25, 0.3) is 0 Å². The molecule has 1 aliphatic heterocycles. The van der Waals surface area contributed by atoms with Gasteiger partial charge in [-0.15, -0.1) is 0 Å². The van der Waals surface area contributed by atoms with E-state index >= 15 is 0 Å². The molecular weight excluding hydrogens is 344 g/mol. The average Bonchev–Trinajstić information content (AvgIpc) is 3.15. The lowest BCUT2D eigenvalue weighted by atomic mass is 9.47. The van der Waals surface area contributed by atoms with Crippen LogP contribution in [-0.4, -0.2) is 19.0 Å². The Bertz CT molecular complexity index is 655. The zero-order chi connectivity index (χ0) is 20.2. The van der Waals surface area contributed by atoms with Crippen LogP contribution in [0.25, 0.3) is 0 Å². The van der Waals surface area contributed by atoms with Gasteiger partial charge in [-0.2, -0.15) is 0 Å². The Morgan fingerprint density at radius 1 is 1.04 bits per heavy atom. The monoisotopic (exact) mass is 386 g/mol. The molecule has 0 aromatic carbocycles. The van der Waals surface area contributed by atoms with Crippen LogP contribution < -0.4 is 0 Å². The molecule has 2 saturated carbocycles. The van der Waals surface area contributed by atoms with Crippen molar-refractivity contribution in [3.63, 3.8) is 0 Å². The zero-order valence-electron chi connectivity index (χ0n) is 19.1. The molecule has 0 N–H and O–H groups in total. The van der Waals surface area contributed by atoms with Gasteiger partial charge in [0, 0.05) is 12.8 Å². The first-order valence-corrected chi connectivity index (χ1v) is 12.0. The van der Waals surface area contributed by atoms with E-state index in [9.17, 15) is 0 Å². The molecule has 2 heteroatoms. The van der Waals surface area contributed by atoms with E-state index in [1.54, 1.807) is 11.1 Å². The van der Waals surface area contributed by atoms with Crippen molar-refractivity contribution in [1.29, 1.82) is 0 Å². The number of rotatable bonds is 4. The number of fused-ring (bicyclic) bond motifs is 3.